The molecule has 0 spiro atoms. The summed E-state index contributed by atoms with van der Waals surface area (Å²) in [6, 6.07) is -0.148. The average molecular weight is 254 g/mol. The predicted molar refractivity (Wildman–Crippen MR) is 64.4 cm³/mol. The molecule has 1 rings (SSSR count). The van der Waals surface area contributed by atoms with Crippen LogP contribution in [-0.4, -0.2) is 50.8 Å². The Balaban J connectivity index is 2.84. The third kappa shape index (κ3) is 3.52. The second-order valence-electron chi connectivity index (χ2n) is 4.15. The van der Waals surface area contributed by atoms with Gasteiger partial charge in [0.05, 0.1) is 19.3 Å². The number of hydrogen-bond acceptors (Lipinski definition) is 5. The molecule has 1 aromatic rings. The first-order chi connectivity index (χ1) is 8.45. The first-order valence-electron chi connectivity index (χ1n) is 5.65. The minimum atomic E-state index is -0.564. The second-order valence-corrected chi connectivity index (χ2v) is 4.15. The van der Waals surface area contributed by atoms with Crippen LogP contribution in [0.25, 0.3) is 0 Å². The van der Waals surface area contributed by atoms with Crippen molar-refractivity contribution in [2.45, 2.75) is 26.4 Å². The largest absolute Gasteiger partial charge is 0.368 e. The number of aromatic nitrogens is 3. The summed E-state index contributed by atoms with van der Waals surface area (Å²) in [6.45, 7) is 4.35. The highest BCUT2D eigenvalue weighted by molar-refractivity contribution is 5.94. The summed E-state index contributed by atoms with van der Waals surface area (Å²) >= 11 is 0. The van der Waals surface area contributed by atoms with Gasteiger partial charge in [0, 0.05) is 12.6 Å². The smallest absolute Gasteiger partial charge is 0.276 e. The van der Waals surface area contributed by atoms with Gasteiger partial charge >= 0.3 is 0 Å². The lowest BCUT2D eigenvalue weighted by molar-refractivity contribution is -0.119. The maximum atomic E-state index is 12.1. The van der Waals surface area contributed by atoms with Crippen LogP contribution in [0.4, 0.5) is 0 Å². The van der Waals surface area contributed by atoms with Crippen LogP contribution >= 0.6 is 0 Å². The molecule has 0 aliphatic carbocycles. The summed E-state index contributed by atoms with van der Waals surface area (Å²) in [7, 11) is 0. The van der Waals surface area contributed by atoms with E-state index >= 15 is 0 Å². The van der Waals surface area contributed by atoms with E-state index in [2.05, 4.69) is 10.3 Å². The van der Waals surface area contributed by atoms with E-state index in [1.807, 2.05) is 0 Å². The lowest BCUT2D eigenvalue weighted by Crippen LogP contribution is -2.42. The van der Waals surface area contributed by atoms with Crippen LogP contribution in [-0.2, 0) is 11.3 Å². The van der Waals surface area contributed by atoms with Crippen LogP contribution in [0.3, 0.4) is 0 Å². The SMILES string of the molecule is CC(C)N(CC(N)=O)C(=O)c1cn(CCN)nn1. The fourth-order valence-corrected chi connectivity index (χ4v) is 1.44. The Labute approximate surface area is 105 Å². The van der Waals surface area contributed by atoms with Crippen molar-refractivity contribution in [2.75, 3.05) is 13.1 Å². The minimum Gasteiger partial charge on any atom is -0.368 e. The van der Waals surface area contributed by atoms with Gasteiger partial charge in [-0.15, -0.1) is 5.10 Å². The number of nitrogens with zero attached hydrogens (tertiary/aromatic N) is 4. The van der Waals surface area contributed by atoms with E-state index in [9.17, 15) is 9.59 Å². The first-order valence-corrected chi connectivity index (χ1v) is 5.65. The maximum absolute atomic E-state index is 12.1. The van der Waals surface area contributed by atoms with Crippen molar-refractivity contribution in [1.29, 1.82) is 0 Å². The Morgan fingerprint density at radius 1 is 1.50 bits per heavy atom. The first kappa shape index (κ1) is 14.1. The van der Waals surface area contributed by atoms with Crippen molar-refractivity contribution < 1.29 is 9.59 Å². The van der Waals surface area contributed by atoms with E-state index < -0.39 is 5.91 Å². The molecule has 0 unspecified atom stereocenters. The molecule has 0 saturated carbocycles. The molecule has 0 radical (unpaired) electrons. The maximum Gasteiger partial charge on any atom is 0.276 e. The van der Waals surface area contributed by atoms with E-state index in [1.165, 1.54) is 15.8 Å². The van der Waals surface area contributed by atoms with E-state index in [1.54, 1.807) is 13.8 Å². The molecule has 1 aromatic heterocycles. The van der Waals surface area contributed by atoms with E-state index in [4.69, 9.17) is 11.5 Å². The van der Waals surface area contributed by atoms with Crippen LogP contribution in [0.15, 0.2) is 6.20 Å². The molecule has 0 atom stereocenters. The molecular weight excluding hydrogens is 236 g/mol. The third-order valence-corrected chi connectivity index (χ3v) is 2.33. The topological polar surface area (TPSA) is 120 Å². The van der Waals surface area contributed by atoms with Gasteiger partial charge in [-0.1, -0.05) is 5.21 Å². The average Bonchev–Trinajstić information content (AvgIpc) is 2.73. The molecule has 0 fully saturated rings. The second kappa shape index (κ2) is 6.10. The van der Waals surface area contributed by atoms with Gasteiger partial charge < -0.3 is 16.4 Å². The van der Waals surface area contributed by atoms with Gasteiger partial charge in [-0.2, -0.15) is 0 Å². The van der Waals surface area contributed by atoms with Crippen molar-refractivity contribution in [2.24, 2.45) is 11.5 Å². The van der Waals surface area contributed by atoms with Crippen LogP contribution < -0.4 is 11.5 Å². The number of carbonyl (C=O) groups is 2. The Morgan fingerprint density at radius 2 is 2.17 bits per heavy atom. The highest BCUT2D eigenvalue weighted by Crippen LogP contribution is 2.05. The number of amides is 2. The minimum absolute atomic E-state index is 0.139. The van der Waals surface area contributed by atoms with Gasteiger partial charge in [0.1, 0.15) is 0 Å². The molecule has 0 aliphatic rings. The Hall–Kier alpha value is -1.96. The van der Waals surface area contributed by atoms with Crippen molar-refractivity contribution in [3.8, 4) is 0 Å². The molecule has 0 saturated heterocycles. The number of hydrogen-bond donors (Lipinski definition) is 2. The fourth-order valence-electron chi connectivity index (χ4n) is 1.44. The van der Waals surface area contributed by atoms with E-state index in [0.717, 1.165) is 0 Å². The van der Waals surface area contributed by atoms with Crippen molar-refractivity contribution >= 4 is 11.8 Å². The van der Waals surface area contributed by atoms with Gasteiger partial charge in [-0.05, 0) is 13.8 Å². The van der Waals surface area contributed by atoms with Crippen LogP contribution in [0, 0.1) is 0 Å². The van der Waals surface area contributed by atoms with Crippen molar-refractivity contribution in [3.63, 3.8) is 0 Å². The van der Waals surface area contributed by atoms with Crippen LogP contribution in [0.1, 0.15) is 24.3 Å². The summed E-state index contributed by atoms with van der Waals surface area (Å²) in [5.74, 6) is -0.932. The fraction of sp³-hybridized carbons (Fsp3) is 0.600. The molecule has 18 heavy (non-hydrogen) atoms. The summed E-state index contributed by atoms with van der Waals surface area (Å²) in [5.41, 5.74) is 10.7. The van der Waals surface area contributed by atoms with E-state index in [-0.39, 0.29) is 24.2 Å². The van der Waals surface area contributed by atoms with Crippen molar-refractivity contribution in [1.82, 2.24) is 19.9 Å². The number of nitrogens with two attached hydrogens (primary N) is 2. The van der Waals surface area contributed by atoms with Gasteiger partial charge in [0.2, 0.25) is 5.91 Å². The summed E-state index contributed by atoms with van der Waals surface area (Å²) in [4.78, 5) is 24.4. The van der Waals surface area contributed by atoms with Crippen LogP contribution in [0.5, 0.6) is 0 Å². The molecule has 8 nitrogen and oxygen atoms in total. The molecule has 100 valence electrons. The summed E-state index contributed by atoms with van der Waals surface area (Å²) in [5, 5.41) is 7.53. The normalized spacial score (nSPS) is 10.7. The Bertz CT molecular complexity index is 428. The van der Waals surface area contributed by atoms with Gasteiger partial charge in [0.15, 0.2) is 5.69 Å². The molecule has 2 amide bonds. The van der Waals surface area contributed by atoms with Gasteiger partial charge in [-0.3, -0.25) is 14.3 Å². The Kier molecular flexibility index (Phi) is 4.78. The molecule has 4 N–H and O–H groups in total. The Morgan fingerprint density at radius 3 is 2.67 bits per heavy atom. The standard InChI is InChI=1S/C10H18N6O2/c1-7(2)16(6-9(12)17)10(18)8-5-15(4-3-11)14-13-8/h5,7H,3-4,6,11H2,1-2H3,(H2,12,17). The lowest BCUT2D eigenvalue weighted by atomic mass is 10.2. The highest BCUT2D eigenvalue weighted by atomic mass is 16.2. The predicted octanol–water partition coefficient (Wildman–Crippen LogP) is -1.43. The molecule has 8 heteroatoms. The summed E-state index contributed by atoms with van der Waals surface area (Å²) in [6.07, 6.45) is 1.51. The van der Waals surface area contributed by atoms with Gasteiger partial charge in [-0.25, -0.2) is 0 Å². The molecule has 0 bridgehead atoms. The zero-order chi connectivity index (χ0) is 13.7. The molecule has 1 heterocycles. The number of rotatable bonds is 6. The van der Waals surface area contributed by atoms with Crippen LogP contribution in [0.2, 0.25) is 0 Å². The van der Waals surface area contributed by atoms with Gasteiger partial charge in [0.25, 0.3) is 5.91 Å². The molecule has 0 aliphatic heterocycles. The zero-order valence-electron chi connectivity index (χ0n) is 10.5. The quantitative estimate of drug-likeness (QED) is 0.645. The summed E-state index contributed by atoms with van der Waals surface area (Å²) < 4.78 is 1.48. The van der Waals surface area contributed by atoms with Crippen molar-refractivity contribution in [3.05, 3.63) is 11.9 Å². The monoisotopic (exact) mass is 254 g/mol. The van der Waals surface area contributed by atoms with E-state index in [0.29, 0.717) is 13.1 Å². The number of carbonyl (C=O) groups excluding carboxylic acids is 2. The zero-order valence-corrected chi connectivity index (χ0v) is 10.5. The lowest BCUT2D eigenvalue weighted by Gasteiger charge is -2.24. The third-order valence-electron chi connectivity index (χ3n) is 2.33. The number of primary amides is 1. The molecule has 0 aromatic carbocycles. The molecular formula is C10H18N6O2. The highest BCUT2D eigenvalue weighted by Gasteiger charge is 2.22.